The molecule has 0 amide bonds. The van der Waals surface area contributed by atoms with Gasteiger partial charge in [-0.25, -0.2) is 0 Å². The molecule has 1 aliphatic carbocycles. The average Bonchev–Trinajstić information content (AvgIpc) is 3.29. The van der Waals surface area contributed by atoms with Crippen LogP contribution in [0.15, 0.2) is 42.6 Å². The monoisotopic (exact) mass is 398 g/mol. The van der Waals surface area contributed by atoms with Crippen molar-refractivity contribution in [2.75, 3.05) is 19.6 Å². The number of nitrogens with zero attached hydrogens (tertiary/aromatic N) is 1. The number of hydrogen-bond donors (Lipinski definition) is 1. The lowest BCUT2D eigenvalue weighted by Crippen LogP contribution is -2.36. The molecule has 2 aliphatic rings. The standard InChI is InChI=1S/C23H24Cl2N2/c24-21-6-5-19-20(13-26-23(19)22(21)25)16-7-9-27(10-8-16)14-15-11-17-3-1-2-4-18(17)12-15/h1-6,13,15-16,26H,7-12,14H2. The molecular formula is C23H24Cl2N2. The molecule has 2 heterocycles. The van der Waals surface area contributed by atoms with E-state index in [0.717, 1.165) is 11.4 Å². The van der Waals surface area contributed by atoms with Crippen LogP contribution in [-0.2, 0) is 12.8 Å². The Labute approximate surface area is 170 Å². The topological polar surface area (TPSA) is 19.0 Å². The van der Waals surface area contributed by atoms with Crippen LogP contribution in [0.1, 0.15) is 35.4 Å². The molecule has 1 aromatic heterocycles. The SMILES string of the molecule is Clc1ccc2c(C3CCN(CC4Cc5ccccc5C4)CC3)c[nH]c2c1Cl. The van der Waals surface area contributed by atoms with Crippen LogP contribution in [0.2, 0.25) is 10.0 Å². The molecule has 0 radical (unpaired) electrons. The van der Waals surface area contributed by atoms with Crippen molar-refractivity contribution in [3.8, 4) is 0 Å². The van der Waals surface area contributed by atoms with Crippen LogP contribution in [-0.4, -0.2) is 29.5 Å². The summed E-state index contributed by atoms with van der Waals surface area (Å²) >= 11 is 12.5. The van der Waals surface area contributed by atoms with Crippen molar-refractivity contribution in [3.63, 3.8) is 0 Å². The van der Waals surface area contributed by atoms with Gasteiger partial charge in [0.1, 0.15) is 0 Å². The summed E-state index contributed by atoms with van der Waals surface area (Å²) in [5.74, 6) is 1.39. The number of fused-ring (bicyclic) bond motifs is 2. The lowest BCUT2D eigenvalue weighted by Gasteiger charge is -2.33. The summed E-state index contributed by atoms with van der Waals surface area (Å²) in [6, 6.07) is 13.0. The zero-order chi connectivity index (χ0) is 18.4. The maximum Gasteiger partial charge on any atom is 0.0833 e. The number of piperidine rings is 1. The van der Waals surface area contributed by atoms with Crippen LogP contribution >= 0.6 is 23.2 Å². The number of aromatic nitrogens is 1. The van der Waals surface area contributed by atoms with E-state index >= 15 is 0 Å². The minimum Gasteiger partial charge on any atom is -0.360 e. The molecule has 1 aliphatic heterocycles. The normalized spacial score (nSPS) is 19.0. The first-order chi connectivity index (χ1) is 13.2. The van der Waals surface area contributed by atoms with Crippen molar-refractivity contribution in [2.45, 2.75) is 31.6 Å². The van der Waals surface area contributed by atoms with Crippen LogP contribution < -0.4 is 0 Å². The molecule has 0 atom stereocenters. The lowest BCUT2D eigenvalue weighted by molar-refractivity contribution is 0.185. The van der Waals surface area contributed by atoms with Crippen LogP contribution in [0.25, 0.3) is 10.9 Å². The molecule has 5 rings (SSSR count). The molecule has 1 N–H and O–H groups in total. The fraction of sp³-hybridized carbons (Fsp3) is 0.391. The van der Waals surface area contributed by atoms with E-state index in [1.54, 1.807) is 11.1 Å². The molecular weight excluding hydrogens is 375 g/mol. The molecule has 1 saturated heterocycles. The van der Waals surface area contributed by atoms with Gasteiger partial charge in [0.25, 0.3) is 0 Å². The average molecular weight is 399 g/mol. The highest BCUT2D eigenvalue weighted by Crippen LogP contribution is 2.38. The Bertz CT molecular complexity index is 945. The van der Waals surface area contributed by atoms with Gasteiger partial charge in [-0.2, -0.15) is 0 Å². The summed E-state index contributed by atoms with van der Waals surface area (Å²) < 4.78 is 0. The van der Waals surface area contributed by atoms with E-state index in [2.05, 4.69) is 46.4 Å². The molecule has 1 fully saturated rings. The third-order valence-corrected chi connectivity index (χ3v) is 7.26. The van der Waals surface area contributed by atoms with Crippen molar-refractivity contribution in [1.29, 1.82) is 0 Å². The van der Waals surface area contributed by atoms with Gasteiger partial charge in [0.15, 0.2) is 0 Å². The van der Waals surface area contributed by atoms with Crippen LogP contribution in [0.4, 0.5) is 0 Å². The van der Waals surface area contributed by atoms with Gasteiger partial charge in [-0.3, -0.25) is 0 Å². The predicted octanol–water partition coefficient (Wildman–Crippen LogP) is 6.07. The smallest absolute Gasteiger partial charge is 0.0833 e. The van der Waals surface area contributed by atoms with Gasteiger partial charge in [0.2, 0.25) is 0 Å². The number of likely N-dealkylation sites (tertiary alicyclic amines) is 1. The highest BCUT2D eigenvalue weighted by atomic mass is 35.5. The van der Waals surface area contributed by atoms with Crippen LogP contribution in [0, 0.1) is 5.92 Å². The summed E-state index contributed by atoms with van der Waals surface area (Å²) in [4.78, 5) is 6.02. The summed E-state index contributed by atoms with van der Waals surface area (Å²) in [5, 5.41) is 2.48. The molecule has 0 saturated carbocycles. The second kappa shape index (κ2) is 7.16. The zero-order valence-electron chi connectivity index (χ0n) is 15.3. The van der Waals surface area contributed by atoms with Crippen LogP contribution in [0.3, 0.4) is 0 Å². The first-order valence-electron chi connectivity index (χ1n) is 9.93. The molecule has 0 unspecified atom stereocenters. The fourth-order valence-corrected chi connectivity index (χ4v) is 5.45. The largest absolute Gasteiger partial charge is 0.360 e. The maximum atomic E-state index is 6.36. The first-order valence-corrected chi connectivity index (χ1v) is 10.7. The van der Waals surface area contributed by atoms with Crippen molar-refractivity contribution < 1.29 is 0 Å². The van der Waals surface area contributed by atoms with Gasteiger partial charge in [0, 0.05) is 18.1 Å². The number of rotatable bonds is 3. The summed E-state index contributed by atoms with van der Waals surface area (Å²) in [6.07, 6.45) is 7.07. The van der Waals surface area contributed by atoms with Gasteiger partial charge in [-0.05, 0) is 73.4 Å². The molecule has 4 heteroatoms. The summed E-state index contributed by atoms with van der Waals surface area (Å²) in [6.45, 7) is 3.60. The predicted molar refractivity (Wildman–Crippen MR) is 114 cm³/mol. The lowest BCUT2D eigenvalue weighted by atomic mass is 9.88. The molecule has 140 valence electrons. The van der Waals surface area contributed by atoms with Gasteiger partial charge in [-0.1, -0.05) is 53.5 Å². The van der Waals surface area contributed by atoms with Gasteiger partial charge in [0.05, 0.1) is 15.6 Å². The quantitative estimate of drug-likeness (QED) is 0.566. The number of aromatic amines is 1. The minimum absolute atomic E-state index is 0.605. The molecule has 3 aromatic rings. The first kappa shape index (κ1) is 17.6. The molecule has 2 nitrogen and oxygen atoms in total. The fourth-order valence-electron chi connectivity index (χ4n) is 5.07. The van der Waals surface area contributed by atoms with E-state index in [4.69, 9.17) is 23.2 Å². The number of nitrogens with one attached hydrogen (secondary N) is 1. The van der Waals surface area contributed by atoms with Crippen molar-refractivity contribution in [1.82, 2.24) is 9.88 Å². The van der Waals surface area contributed by atoms with Gasteiger partial charge < -0.3 is 9.88 Å². The second-order valence-corrected chi connectivity index (χ2v) is 8.93. The second-order valence-electron chi connectivity index (χ2n) is 8.15. The summed E-state index contributed by atoms with van der Waals surface area (Å²) in [7, 11) is 0. The van der Waals surface area contributed by atoms with E-state index in [1.165, 1.54) is 56.3 Å². The molecule has 0 spiro atoms. The molecule has 2 aromatic carbocycles. The van der Waals surface area contributed by atoms with Crippen molar-refractivity contribution >= 4 is 34.1 Å². The van der Waals surface area contributed by atoms with Gasteiger partial charge >= 0.3 is 0 Å². The van der Waals surface area contributed by atoms with E-state index in [-0.39, 0.29) is 0 Å². The van der Waals surface area contributed by atoms with E-state index in [9.17, 15) is 0 Å². The Hall–Kier alpha value is -1.48. The van der Waals surface area contributed by atoms with Gasteiger partial charge in [-0.15, -0.1) is 0 Å². The van der Waals surface area contributed by atoms with E-state index in [1.807, 2.05) is 6.07 Å². The van der Waals surface area contributed by atoms with Crippen molar-refractivity contribution in [3.05, 3.63) is 69.3 Å². The number of H-pyrrole nitrogens is 1. The Morgan fingerprint density at radius 3 is 2.37 bits per heavy atom. The Morgan fingerprint density at radius 2 is 1.67 bits per heavy atom. The third kappa shape index (κ3) is 3.29. The molecule has 27 heavy (non-hydrogen) atoms. The molecule has 0 bridgehead atoms. The number of benzene rings is 2. The van der Waals surface area contributed by atoms with Crippen LogP contribution in [0.5, 0.6) is 0 Å². The number of halogens is 2. The highest BCUT2D eigenvalue weighted by molar-refractivity contribution is 6.45. The minimum atomic E-state index is 0.605. The van der Waals surface area contributed by atoms with E-state index < -0.39 is 0 Å². The Morgan fingerprint density at radius 1 is 0.963 bits per heavy atom. The zero-order valence-corrected chi connectivity index (χ0v) is 16.9. The number of hydrogen-bond acceptors (Lipinski definition) is 1. The Balaban J connectivity index is 1.23. The highest BCUT2D eigenvalue weighted by Gasteiger charge is 2.27. The Kier molecular flexibility index (Phi) is 4.67. The maximum absolute atomic E-state index is 6.36. The van der Waals surface area contributed by atoms with E-state index in [0.29, 0.717) is 16.0 Å². The summed E-state index contributed by atoms with van der Waals surface area (Å²) in [5.41, 5.74) is 5.50. The van der Waals surface area contributed by atoms with Crippen molar-refractivity contribution in [2.24, 2.45) is 5.92 Å². The third-order valence-electron chi connectivity index (χ3n) is 6.46.